The highest BCUT2D eigenvalue weighted by molar-refractivity contribution is 7.09. The molecule has 1 unspecified atom stereocenters. The Morgan fingerprint density at radius 1 is 1.28 bits per heavy atom. The number of benzene rings is 1. The van der Waals surface area contributed by atoms with Crippen molar-refractivity contribution in [1.29, 1.82) is 0 Å². The van der Waals surface area contributed by atoms with Crippen LogP contribution in [0.25, 0.3) is 0 Å². The quantitative estimate of drug-likeness (QED) is 0.909. The Bertz CT molecular complexity index is 519. The molecule has 96 valence electrons. The first-order valence-corrected chi connectivity index (χ1v) is 6.90. The van der Waals surface area contributed by atoms with Gasteiger partial charge in [0.15, 0.2) is 0 Å². The van der Waals surface area contributed by atoms with Crippen LogP contribution in [0.1, 0.15) is 23.5 Å². The predicted octanol–water partition coefficient (Wildman–Crippen LogP) is 3.69. The maximum absolute atomic E-state index is 4.30. The fraction of sp³-hybridized carbons (Fsp3) is 0.357. The highest BCUT2D eigenvalue weighted by Crippen LogP contribution is 2.30. The van der Waals surface area contributed by atoms with E-state index in [-0.39, 0.29) is 6.04 Å². The maximum atomic E-state index is 4.30. The lowest BCUT2D eigenvalue weighted by Gasteiger charge is -2.21. The number of para-hydroxylation sites is 2. The van der Waals surface area contributed by atoms with E-state index < -0.39 is 0 Å². The van der Waals surface area contributed by atoms with Crippen LogP contribution in [0.5, 0.6) is 0 Å². The van der Waals surface area contributed by atoms with Crippen molar-refractivity contribution in [2.24, 2.45) is 0 Å². The van der Waals surface area contributed by atoms with Crippen molar-refractivity contribution in [3.63, 3.8) is 0 Å². The van der Waals surface area contributed by atoms with Crippen LogP contribution in [0.15, 0.2) is 29.8 Å². The first-order chi connectivity index (χ1) is 8.59. The number of aryl methyl sites for hydroxylation is 1. The lowest BCUT2D eigenvalue weighted by Crippen LogP contribution is -2.13. The van der Waals surface area contributed by atoms with E-state index in [0.29, 0.717) is 0 Å². The monoisotopic (exact) mass is 261 g/mol. The van der Waals surface area contributed by atoms with E-state index in [1.165, 1.54) is 10.6 Å². The van der Waals surface area contributed by atoms with Crippen LogP contribution in [0.3, 0.4) is 0 Å². The van der Waals surface area contributed by atoms with E-state index in [2.05, 4.69) is 67.4 Å². The zero-order valence-electron chi connectivity index (χ0n) is 11.3. The average molecular weight is 261 g/mol. The minimum Gasteiger partial charge on any atom is -0.376 e. The number of nitrogens with one attached hydrogen (secondary N) is 1. The van der Waals surface area contributed by atoms with Crippen molar-refractivity contribution < 1.29 is 0 Å². The number of anilines is 2. The van der Waals surface area contributed by atoms with E-state index >= 15 is 0 Å². The fourth-order valence-electron chi connectivity index (χ4n) is 2.01. The zero-order chi connectivity index (χ0) is 13.1. The van der Waals surface area contributed by atoms with Crippen LogP contribution in [0, 0.1) is 6.92 Å². The fourth-order valence-corrected chi connectivity index (χ4v) is 2.82. The third-order valence-electron chi connectivity index (χ3n) is 2.93. The number of aromatic nitrogens is 1. The maximum Gasteiger partial charge on any atom is 0.0798 e. The lowest BCUT2D eigenvalue weighted by atomic mass is 10.2. The molecule has 0 aliphatic rings. The van der Waals surface area contributed by atoms with Crippen LogP contribution < -0.4 is 10.2 Å². The van der Waals surface area contributed by atoms with Gasteiger partial charge in [-0.2, -0.15) is 0 Å². The van der Waals surface area contributed by atoms with Crippen LogP contribution in [-0.2, 0) is 0 Å². The topological polar surface area (TPSA) is 28.2 Å². The molecule has 0 bridgehead atoms. The Hall–Kier alpha value is -1.55. The van der Waals surface area contributed by atoms with Crippen molar-refractivity contribution in [2.45, 2.75) is 19.9 Å². The molecule has 1 N–H and O–H groups in total. The molecular formula is C14H19N3S. The number of hydrogen-bond donors (Lipinski definition) is 1. The Balaban J connectivity index is 2.22. The summed E-state index contributed by atoms with van der Waals surface area (Å²) in [5.41, 5.74) is 5.37. The molecule has 0 amide bonds. The molecule has 1 aromatic heterocycles. The van der Waals surface area contributed by atoms with Gasteiger partial charge in [-0.15, -0.1) is 11.3 Å². The summed E-state index contributed by atoms with van der Waals surface area (Å²) in [4.78, 5) is 7.72. The summed E-state index contributed by atoms with van der Waals surface area (Å²) in [6.07, 6.45) is 0. The Morgan fingerprint density at radius 2 is 2.00 bits per heavy atom. The summed E-state index contributed by atoms with van der Waals surface area (Å²) in [5.74, 6) is 0. The molecule has 0 aliphatic heterocycles. The summed E-state index contributed by atoms with van der Waals surface area (Å²) in [6.45, 7) is 4.23. The molecular weight excluding hydrogens is 242 g/mol. The summed E-state index contributed by atoms with van der Waals surface area (Å²) in [7, 11) is 4.12. The van der Waals surface area contributed by atoms with Gasteiger partial charge in [-0.1, -0.05) is 12.1 Å². The van der Waals surface area contributed by atoms with Gasteiger partial charge in [0.1, 0.15) is 0 Å². The van der Waals surface area contributed by atoms with E-state index in [1.807, 2.05) is 5.51 Å². The van der Waals surface area contributed by atoms with E-state index in [9.17, 15) is 0 Å². The van der Waals surface area contributed by atoms with Crippen molar-refractivity contribution in [3.8, 4) is 0 Å². The molecule has 2 aromatic rings. The number of rotatable bonds is 4. The molecule has 0 radical (unpaired) electrons. The smallest absolute Gasteiger partial charge is 0.0798 e. The summed E-state index contributed by atoms with van der Waals surface area (Å²) in [6, 6.07) is 8.63. The molecule has 1 atom stereocenters. The third kappa shape index (κ3) is 2.64. The SMILES string of the molecule is Cc1ncsc1C(C)Nc1ccccc1N(C)C. The number of hydrogen-bond acceptors (Lipinski definition) is 4. The highest BCUT2D eigenvalue weighted by atomic mass is 32.1. The van der Waals surface area contributed by atoms with Gasteiger partial charge in [0.05, 0.1) is 28.6 Å². The Labute approximate surface area is 112 Å². The molecule has 0 aliphatic carbocycles. The van der Waals surface area contributed by atoms with Gasteiger partial charge in [-0.25, -0.2) is 4.98 Å². The van der Waals surface area contributed by atoms with Gasteiger partial charge in [-0.05, 0) is 26.0 Å². The molecule has 1 heterocycles. The molecule has 4 heteroatoms. The van der Waals surface area contributed by atoms with E-state index in [4.69, 9.17) is 0 Å². The second-order valence-electron chi connectivity index (χ2n) is 4.58. The highest BCUT2D eigenvalue weighted by Gasteiger charge is 2.12. The van der Waals surface area contributed by atoms with Gasteiger partial charge in [0.25, 0.3) is 0 Å². The largest absolute Gasteiger partial charge is 0.376 e. The minimum absolute atomic E-state index is 0.276. The minimum atomic E-state index is 0.276. The third-order valence-corrected chi connectivity index (χ3v) is 4.05. The first kappa shape index (κ1) is 12.9. The predicted molar refractivity (Wildman–Crippen MR) is 79.7 cm³/mol. The molecule has 0 saturated heterocycles. The second kappa shape index (κ2) is 5.40. The number of thiazole rings is 1. The zero-order valence-corrected chi connectivity index (χ0v) is 12.1. The molecule has 3 nitrogen and oxygen atoms in total. The van der Waals surface area contributed by atoms with Crippen molar-refractivity contribution in [1.82, 2.24) is 4.98 Å². The van der Waals surface area contributed by atoms with Gasteiger partial charge in [0, 0.05) is 19.0 Å². The van der Waals surface area contributed by atoms with Crippen molar-refractivity contribution in [2.75, 3.05) is 24.3 Å². The molecule has 1 aromatic carbocycles. The van der Waals surface area contributed by atoms with Crippen molar-refractivity contribution in [3.05, 3.63) is 40.3 Å². The summed E-state index contributed by atoms with van der Waals surface area (Å²) < 4.78 is 0. The Kier molecular flexibility index (Phi) is 3.87. The number of nitrogens with zero attached hydrogens (tertiary/aromatic N) is 2. The normalized spacial score (nSPS) is 12.2. The van der Waals surface area contributed by atoms with E-state index in [1.54, 1.807) is 11.3 Å². The van der Waals surface area contributed by atoms with Gasteiger partial charge in [0.2, 0.25) is 0 Å². The van der Waals surface area contributed by atoms with Gasteiger partial charge < -0.3 is 10.2 Å². The Morgan fingerprint density at radius 3 is 2.61 bits per heavy atom. The van der Waals surface area contributed by atoms with Gasteiger partial charge in [-0.3, -0.25) is 0 Å². The molecule has 2 rings (SSSR count). The molecule has 0 spiro atoms. The van der Waals surface area contributed by atoms with Crippen molar-refractivity contribution >= 4 is 22.7 Å². The van der Waals surface area contributed by atoms with Crippen LogP contribution in [0.2, 0.25) is 0 Å². The summed E-state index contributed by atoms with van der Waals surface area (Å²) in [5, 5.41) is 3.56. The average Bonchev–Trinajstić information content (AvgIpc) is 2.76. The standard InChI is InChI=1S/C14H19N3S/c1-10-14(18-9-15-10)11(2)16-12-7-5-6-8-13(12)17(3)4/h5-9,11,16H,1-4H3. The van der Waals surface area contributed by atoms with Crippen LogP contribution in [-0.4, -0.2) is 19.1 Å². The summed E-state index contributed by atoms with van der Waals surface area (Å²) >= 11 is 1.70. The molecule has 18 heavy (non-hydrogen) atoms. The molecule has 0 fully saturated rings. The van der Waals surface area contributed by atoms with Gasteiger partial charge >= 0.3 is 0 Å². The second-order valence-corrected chi connectivity index (χ2v) is 5.47. The molecule has 0 saturated carbocycles. The lowest BCUT2D eigenvalue weighted by molar-refractivity contribution is 0.888. The first-order valence-electron chi connectivity index (χ1n) is 6.02. The van der Waals surface area contributed by atoms with Crippen LogP contribution >= 0.6 is 11.3 Å². The van der Waals surface area contributed by atoms with Crippen LogP contribution in [0.4, 0.5) is 11.4 Å². The van der Waals surface area contributed by atoms with E-state index in [0.717, 1.165) is 11.4 Å².